The molecule has 4 fully saturated rings. The van der Waals surface area contributed by atoms with Crippen LogP contribution < -0.4 is 47.6 Å². The Balaban J connectivity index is 0.000000334. The van der Waals surface area contributed by atoms with E-state index in [0.29, 0.717) is 98.0 Å². The molecule has 586 valence electrons. The molecule has 0 amide bonds. The minimum atomic E-state index is -1.10. The monoisotopic (exact) mass is 1540 g/mol. The van der Waals surface area contributed by atoms with Crippen LogP contribution in [0.25, 0.3) is 0 Å². The number of ether oxygens (including phenoxy) is 7. The number of nitriles is 2. The zero-order valence-corrected chi connectivity index (χ0v) is 66.8. The number of benzene rings is 4. The molecule has 24 nitrogen and oxygen atoms in total. The summed E-state index contributed by atoms with van der Waals surface area (Å²) in [4.78, 5) is 92.9. The SMILES string of the molecule is COC(=O)Cc1cc(OCCCCCN2CCN(c3ccc(C(=O)CC4C(C)(C)C(Oc5ccc(C#N)c(Cl)c5)C4(C)C)cn3)CC2)ccc1C(=O)O.COC(=O)Cc1cc(OCCCCCN2CCN(c3ccc(C(=O)CC4C(C)(C)C(Oc5ccc(C#N)c(Cl)c5)C4(C)C)cn3)CC2)ccc1C(=O)OC.O.[Li+].[OH-]. The van der Waals surface area contributed by atoms with Gasteiger partial charge in [-0.1, -0.05) is 78.6 Å². The molecule has 0 bridgehead atoms. The first-order chi connectivity index (χ1) is 51.0. The Morgan fingerprint density at radius 3 is 1.21 bits per heavy atom. The van der Waals surface area contributed by atoms with Crippen LogP contribution in [0.1, 0.15) is 170 Å². The van der Waals surface area contributed by atoms with Crippen molar-refractivity contribution in [2.24, 2.45) is 33.5 Å². The number of aromatic carboxylic acids is 1. The Hall–Kier alpha value is -8.80. The molecule has 2 saturated carbocycles. The van der Waals surface area contributed by atoms with Gasteiger partial charge in [0.05, 0.1) is 79.7 Å². The number of halogens is 2. The molecule has 2 aliphatic carbocycles. The standard InChI is InChI=1S/C42H51ClN4O7.C41H49ClN4O7.Li.2H2O/c1-41(2)36(42(3,4)40(41)54-32-12-10-28(26-44)34(43)24-32)25-35(48)29-11-15-37(45-27-29)47-19-17-46(18-20-47)16-8-7-9-21-53-31-13-14-33(39(50)52-6)30(22-31)23-38(49)51-5;1-40(2)35(41(3,4)39(40)53-31-11-9-27(25-43)33(42)23-31)24-34(47)28-10-14-36(44-26-28)46-18-16-45(17-19-46)15-7-6-8-20-52-30-12-13-32(38(49)50)29(21-30)22-37(48)51-5;;;/h10-15,22,24,27,36,40H,7-9,16-21,23,25H2,1-6H3;9-14,21,23,26,35,39H,6-8,15-20,22,24H2,1-5H3,(H,49,50);;2*1H2/q;;+1;;/p-1. The number of Topliss-reactive ketones (excluding diaryl/α,β-unsaturated/α-hetero) is 2. The quantitative estimate of drug-likeness (QED) is 0.0135. The summed E-state index contributed by atoms with van der Waals surface area (Å²) in [5.74, 6) is 1.95. The third-order valence-electron chi connectivity index (χ3n) is 21.9. The van der Waals surface area contributed by atoms with Crippen LogP contribution in [0, 0.1) is 56.2 Å². The topological polar surface area (TPSA) is 335 Å². The van der Waals surface area contributed by atoms with Gasteiger partial charge in [0.15, 0.2) is 11.6 Å². The van der Waals surface area contributed by atoms with E-state index < -0.39 is 23.9 Å². The van der Waals surface area contributed by atoms with Gasteiger partial charge in [-0.15, -0.1) is 0 Å². The molecule has 4 aromatic carbocycles. The zero-order valence-electron chi connectivity index (χ0n) is 65.3. The van der Waals surface area contributed by atoms with Crippen LogP contribution in [-0.2, 0) is 36.6 Å². The molecule has 2 aliphatic heterocycles. The first kappa shape index (κ1) is 90.1. The van der Waals surface area contributed by atoms with Gasteiger partial charge in [-0.25, -0.2) is 19.6 Å². The third-order valence-corrected chi connectivity index (χ3v) is 22.6. The number of carbonyl (C=O) groups is 6. The van der Waals surface area contributed by atoms with Gasteiger partial charge in [0.25, 0.3) is 0 Å². The fourth-order valence-electron chi connectivity index (χ4n) is 16.3. The van der Waals surface area contributed by atoms with E-state index >= 15 is 0 Å². The third kappa shape index (κ3) is 22.3. The molecule has 4 aliphatic rings. The molecule has 10 rings (SSSR count). The smallest absolute Gasteiger partial charge is 0.870 e. The molecular formula is C83H103Cl2LiN8O16. The van der Waals surface area contributed by atoms with Crippen LogP contribution in [0.15, 0.2) is 109 Å². The molecule has 6 aromatic rings. The number of unbranched alkanes of at least 4 members (excludes halogenated alkanes) is 4. The Morgan fingerprint density at radius 2 is 0.873 bits per heavy atom. The van der Waals surface area contributed by atoms with Crippen LogP contribution in [-0.4, -0.2) is 183 Å². The molecule has 0 unspecified atom stereocenters. The van der Waals surface area contributed by atoms with E-state index in [9.17, 15) is 44.4 Å². The molecule has 0 atom stereocenters. The van der Waals surface area contributed by atoms with Gasteiger partial charge in [0, 0.05) is 123 Å². The summed E-state index contributed by atoms with van der Waals surface area (Å²) in [6, 6.07) is 31.8. The van der Waals surface area contributed by atoms with E-state index in [0.717, 1.165) is 116 Å². The molecule has 2 aromatic heterocycles. The second-order valence-corrected chi connectivity index (χ2v) is 31.2. The van der Waals surface area contributed by atoms with Crippen molar-refractivity contribution in [2.75, 3.05) is 110 Å². The number of carbonyl (C=O) groups excluding carboxylic acids is 5. The van der Waals surface area contributed by atoms with E-state index in [4.69, 9.17) is 56.6 Å². The van der Waals surface area contributed by atoms with Crippen LogP contribution >= 0.6 is 23.2 Å². The number of hydrogen-bond acceptors (Lipinski definition) is 22. The summed E-state index contributed by atoms with van der Waals surface area (Å²) < 4.78 is 38.8. The number of carboxylic acid groups (broad SMARTS) is 1. The summed E-state index contributed by atoms with van der Waals surface area (Å²) in [7, 11) is 3.89. The van der Waals surface area contributed by atoms with E-state index in [1.807, 2.05) is 24.3 Å². The van der Waals surface area contributed by atoms with Crippen molar-refractivity contribution in [1.29, 1.82) is 10.5 Å². The maximum absolute atomic E-state index is 13.5. The van der Waals surface area contributed by atoms with Gasteiger partial charge in [-0.3, -0.25) is 29.0 Å². The number of anilines is 2. The summed E-state index contributed by atoms with van der Waals surface area (Å²) in [6.45, 7) is 27.4. The number of carboxylic acids is 1. The minimum absolute atomic E-state index is 0. The molecule has 0 spiro atoms. The van der Waals surface area contributed by atoms with Crippen LogP contribution in [0.5, 0.6) is 23.0 Å². The number of piperazine rings is 2. The normalized spacial score (nSPS) is 18.5. The number of esters is 3. The van der Waals surface area contributed by atoms with Crippen LogP contribution in [0.4, 0.5) is 11.6 Å². The Morgan fingerprint density at radius 1 is 0.500 bits per heavy atom. The first-order valence-corrected chi connectivity index (χ1v) is 37.4. The summed E-state index contributed by atoms with van der Waals surface area (Å²) in [6.07, 6.45) is 9.66. The first-order valence-electron chi connectivity index (χ1n) is 36.6. The number of nitrogens with zero attached hydrogens (tertiary/aromatic N) is 8. The molecule has 27 heteroatoms. The zero-order chi connectivity index (χ0) is 77.4. The molecule has 110 heavy (non-hydrogen) atoms. The maximum Gasteiger partial charge on any atom is 1.00 e. The molecule has 4 N–H and O–H groups in total. The van der Waals surface area contributed by atoms with Gasteiger partial charge >= 0.3 is 42.7 Å². The summed E-state index contributed by atoms with van der Waals surface area (Å²) >= 11 is 12.5. The van der Waals surface area contributed by atoms with Crippen molar-refractivity contribution in [3.8, 4) is 35.1 Å². The predicted molar refractivity (Wildman–Crippen MR) is 414 cm³/mol. The number of methoxy groups -OCH3 is 3. The minimum Gasteiger partial charge on any atom is -0.870 e. The Bertz CT molecular complexity index is 4200. The summed E-state index contributed by atoms with van der Waals surface area (Å²) in [5.41, 5.74) is 2.31. The Labute approximate surface area is 667 Å². The second kappa shape index (κ2) is 40.4. The molecule has 2 saturated heterocycles. The van der Waals surface area contributed by atoms with E-state index in [1.54, 1.807) is 79.1 Å². The van der Waals surface area contributed by atoms with Crippen molar-refractivity contribution in [3.05, 3.63) is 164 Å². The molecule has 0 radical (unpaired) electrons. The number of ketones is 2. The number of aromatic nitrogens is 2. The number of pyridine rings is 2. The van der Waals surface area contributed by atoms with Crippen LogP contribution in [0.3, 0.4) is 0 Å². The number of rotatable bonds is 32. The average molecular weight is 1550 g/mol. The van der Waals surface area contributed by atoms with Gasteiger partial charge < -0.3 is 59.0 Å². The summed E-state index contributed by atoms with van der Waals surface area (Å²) in [5, 5.41) is 28.5. The fourth-order valence-corrected chi connectivity index (χ4v) is 16.7. The van der Waals surface area contributed by atoms with E-state index in [2.05, 4.69) is 96.8 Å². The van der Waals surface area contributed by atoms with Crippen molar-refractivity contribution in [3.63, 3.8) is 0 Å². The van der Waals surface area contributed by atoms with Gasteiger partial charge in [0.2, 0.25) is 0 Å². The van der Waals surface area contributed by atoms with E-state index in [1.165, 1.54) is 27.4 Å². The largest absolute Gasteiger partial charge is 1.00 e. The maximum atomic E-state index is 13.5. The molecular weight excluding hydrogens is 1440 g/mol. The second-order valence-electron chi connectivity index (χ2n) is 30.4. The van der Waals surface area contributed by atoms with Gasteiger partial charge in [0.1, 0.15) is 59.0 Å². The van der Waals surface area contributed by atoms with Crippen molar-refractivity contribution in [1.82, 2.24) is 19.8 Å². The number of hydrogen-bond donors (Lipinski definition) is 1. The van der Waals surface area contributed by atoms with Crippen LogP contribution in [0.2, 0.25) is 10.0 Å². The van der Waals surface area contributed by atoms with E-state index in [-0.39, 0.29) is 105 Å². The average Bonchev–Trinajstić information content (AvgIpc) is 0.713. The van der Waals surface area contributed by atoms with Crippen molar-refractivity contribution < 1.29 is 96.8 Å². The molecule has 4 heterocycles. The fraction of sp³-hybridized carbons (Fsp3) is 0.494. The van der Waals surface area contributed by atoms with Gasteiger partial charge in [-0.05, 0) is 160 Å². The van der Waals surface area contributed by atoms with Gasteiger partial charge in [-0.2, -0.15) is 10.5 Å². The van der Waals surface area contributed by atoms with Crippen molar-refractivity contribution >= 4 is 70.3 Å². The predicted octanol–water partition coefficient (Wildman–Crippen LogP) is 10.3. The Kier molecular flexibility index (Phi) is 33.1. The van der Waals surface area contributed by atoms with Crippen molar-refractivity contribution in [2.45, 2.75) is 132 Å².